The number of carboxylic acid groups (broad SMARTS) is 1. The van der Waals surface area contributed by atoms with Gasteiger partial charge in [0.1, 0.15) is 5.65 Å². The van der Waals surface area contributed by atoms with Gasteiger partial charge in [0.25, 0.3) is 0 Å². The van der Waals surface area contributed by atoms with E-state index in [-0.39, 0.29) is 6.42 Å². The first-order valence-corrected chi connectivity index (χ1v) is 11.7. The Morgan fingerprint density at radius 2 is 2.00 bits per heavy atom. The molecule has 1 atom stereocenters. The van der Waals surface area contributed by atoms with Gasteiger partial charge in [0.2, 0.25) is 0 Å². The van der Waals surface area contributed by atoms with Crippen LogP contribution in [0.5, 0.6) is 5.75 Å². The Hall–Kier alpha value is -2.89. The molecule has 1 aromatic carbocycles. The number of pyridine rings is 1. The average Bonchev–Trinajstić information content (AvgIpc) is 3.06. The summed E-state index contributed by atoms with van der Waals surface area (Å²) >= 11 is 0. The Balaban J connectivity index is 2.03. The molecule has 3 aromatic rings. The lowest BCUT2D eigenvalue weighted by molar-refractivity contribution is -0.136. The molecule has 1 aliphatic rings. The number of benzene rings is 1. The molecule has 6 heteroatoms. The van der Waals surface area contributed by atoms with Crippen molar-refractivity contribution in [2.75, 3.05) is 6.61 Å². The van der Waals surface area contributed by atoms with E-state index in [1.807, 2.05) is 20.9 Å². The smallest absolute Gasteiger partial charge is 0.307 e. The minimum atomic E-state index is -0.926. The number of carboxylic acids is 1. The molecule has 0 saturated heterocycles. The molecule has 0 radical (unpaired) electrons. The van der Waals surface area contributed by atoms with Gasteiger partial charge >= 0.3 is 5.97 Å². The summed E-state index contributed by atoms with van der Waals surface area (Å²) in [6.07, 6.45) is 2.32. The van der Waals surface area contributed by atoms with E-state index in [9.17, 15) is 9.90 Å². The normalized spacial score (nSPS) is 14.4. The van der Waals surface area contributed by atoms with Gasteiger partial charge in [-0.2, -0.15) is 0 Å². The summed E-state index contributed by atoms with van der Waals surface area (Å²) in [5.74, 6) is 0.0416. The van der Waals surface area contributed by atoms with E-state index in [0.717, 1.165) is 58.2 Å². The molecular weight excluding hydrogens is 419 g/mol. The van der Waals surface area contributed by atoms with Gasteiger partial charge in [0.05, 0.1) is 13.0 Å². The lowest BCUT2D eigenvalue weighted by Crippen LogP contribution is -2.13. The first-order chi connectivity index (χ1) is 15.6. The fourth-order valence-electron chi connectivity index (χ4n) is 4.89. The molecule has 1 unspecified atom stereocenters. The lowest BCUT2D eigenvalue weighted by Gasteiger charge is -2.23. The van der Waals surface area contributed by atoms with Crippen LogP contribution in [-0.4, -0.2) is 27.2 Å². The predicted octanol–water partition coefficient (Wildman–Crippen LogP) is 5.78. The summed E-state index contributed by atoms with van der Waals surface area (Å²) in [6, 6.07) is 3.64. The highest BCUT2D eigenvalue weighted by atomic mass is 19.1. The van der Waals surface area contributed by atoms with Crippen LogP contribution >= 0.6 is 0 Å². The van der Waals surface area contributed by atoms with Crippen molar-refractivity contribution >= 4 is 17.0 Å². The zero-order chi connectivity index (χ0) is 24.0. The fourth-order valence-corrected chi connectivity index (χ4v) is 4.89. The van der Waals surface area contributed by atoms with Crippen LogP contribution < -0.4 is 4.74 Å². The van der Waals surface area contributed by atoms with Crippen LogP contribution in [0.3, 0.4) is 0 Å². The van der Waals surface area contributed by atoms with Gasteiger partial charge in [-0.25, -0.2) is 9.37 Å². The second-order valence-electron chi connectivity index (χ2n) is 9.77. The van der Waals surface area contributed by atoms with Gasteiger partial charge in [0, 0.05) is 29.4 Å². The largest absolute Gasteiger partial charge is 0.490 e. The standard InChI is InChI=1S/C27H33FN2O3/c1-14(2)15(3)10-18-11-22-25(21(13-24(31)32)17(5)29-27(22)30(18)6)20-12-23(28)26-19(16(20)4)8-7-9-33-26/h11-12,14-15H,7-10,13H2,1-6H3,(H,31,32). The quantitative estimate of drug-likeness (QED) is 0.515. The third kappa shape index (κ3) is 4.11. The number of hydrogen-bond donors (Lipinski definition) is 1. The van der Waals surface area contributed by atoms with E-state index in [4.69, 9.17) is 9.72 Å². The van der Waals surface area contributed by atoms with Crippen LogP contribution in [0.25, 0.3) is 22.2 Å². The van der Waals surface area contributed by atoms with Crippen LogP contribution in [0, 0.1) is 31.5 Å². The number of rotatable bonds is 6. The van der Waals surface area contributed by atoms with E-state index >= 15 is 4.39 Å². The molecule has 0 bridgehead atoms. The molecule has 176 valence electrons. The van der Waals surface area contributed by atoms with E-state index in [1.165, 1.54) is 6.07 Å². The first kappa shape index (κ1) is 23.3. The minimum absolute atomic E-state index is 0.161. The first-order valence-electron chi connectivity index (χ1n) is 11.7. The van der Waals surface area contributed by atoms with Gasteiger partial charge in [-0.05, 0) is 79.3 Å². The second-order valence-corrected chi connectivity index (χ2v) is 9.77. The number of halogens is 1. The van der Waals surface area contributed by atoms with Gasteiger partial charge in [-0.3, -0.25) is 4.79 Å². The van der Waals surface area contributed by atoms with Crippen molar-refractivity contribution in [2.45, 2.75) is 60.3 Å². The maximum atomic E-state index is 15.2. The Morgan fingerprint density at radius 3 is 2.67 bits per heavy atom. The average molecular weight is 453 g/mol. The minimum Gasteiger partial charge on any atom is -0.490 e. The number of carbonyl (C=O) groups is 1. The molecule has 1 N–H and O–H groups in total. The molecule has 0 aliphatic carbocycles. The van der Waals surface area contributed by atoms with Crippen molar-refractivity contribution in [2.24, 2.45) is 18.9 Å². The highest BCUT2D eigenvalue weighted by Gasteiger charge is 2.26. The maximum absolute atomic E-state index is 15.2. The van der Waals surface area contributed by atoms with Crippen molar-refractivity contribution in [1.29, 1.82) is 0 Å². The van der Waals surface area contributed by atoms with Crippen molar-refractivity contribution in [3.8, 4) is 16.9 Å². The van der Waals surface area contributed by atoms with Crippen LogP contribution in [0.15, 0.2) is 12.1 Å². The summed E-state index contributed by atoms with van der Waals surface area (Å²) in [5, 5.41) is 10.5. The van der Waals surface area contributed by atoms with Crippen molar-refractivity contribution in [1.82, 2.24) is 9.55 Å². The van der Waals surface area contributed by atoms with Gasteiger partial charge in [-0.15, -0.1) is 0 Å². The number of hydrogen-bond acceptors (Lipinski definition) is 3. The Morgan fingerprint density at radius 1 is 1.27 bits per heavy atom. The molecule has 5 nitrogen and oxygen atoms in total. The summed E-state index contributed by atoms with van der Waals surface area (Å²) in [4.78, 5) is 16.6. The summed E-state index contributed by atoms with van der Waals surface area (Å²) in [7, 11) is 2.01. The van der Waals surface area contributed by atoms with Gasteiger partial charge in [0.15, 0.2) is 11.6 Å². The number of ether oxygens (including phenoxy) is 1. The Labute approximate surface area is 194 Å². The van der Waals surface area contributed by atoms with Gasteiger partial charge < -0.3 is 14.4 Å². The number of aromatic nitrogens is 2. The van der Waals surface area contributed by atoms with E-state index in [0.29, 0.717) is 35.4 Å². The van der Waals surface area contributed by atoms with Crippen molar-refractivity contribution in [3.05, 3.63) is 46.0 Å². The molecule has 2 aromatic heterocycles. The monoisotopic (exact) mass is 452 g/mol. The summed E-state index contributed by atoms with van der Waals surface area (Å²) in [5.41, 5.74) is 6.60. The molecule has 0 fully saturated rings. The summed E-state index contributed by atoms with van der Waals surface area (Å²) in [6.45, 7) is 11.0. The maximum Gasteiger partial charge on any atom is 0.307 e. The lowest BCUT2D eigenvalue weighted by atomic mass is 9.87. The number of aliphatic carboxylic acids is 1. The van der Waals surface area contributed by atoms with Gasteiger partial charge in [-0.1, -0.05) is 20.8 Å². The number of fused-ring (bicyclic) bond motifs is 2. The zero-order valence-electron chi connectivity index (χ0n) is 20.4. The summed E-state index contributed by atoms with van der Waals surface area (Å²) < 4.78 is 22.9. The van der Waals surface area contributed by atoms with Crippen LogP contribution in [0.4, 0.5) is 4.39 Å². The number of nitrogens with zero attached hydrogens (tertiary/aromatic N) is 2. The predicted molar refractivity (Wildman–Crippen MR) is 128 cm³/mol. The SMILES string of the molecule is Cc1nc2c(cc(CC(C)C(C)C)n2C)c(-c2cc(F)c3c(c2C)CCCO3)c1CC(=O)O. The number of aryl methyl sites for hydroxylation is 2. The van der Waals surface area contributed by atoms with Crippen LogP contribution in [0.1, 0.15) is 55.3 Å². The highest BCUT2D eigenvalue weighted by molar-refractivity contribution is 5.98. The zero-order valence-corrected chi connectivity index (χ0v) is 20.4. The molecular formula is C27H33FN2O3. The van der Waals surface area contributed by atoms with Crippen LogP contribution in [-0.2, 0) is 31.1 Å². The van der Waals surface area contributed by atoms with Crippen LogP contribution in [0.2, 0.25) is 0 Å². The Kier molecular flexibility index (Phi) is 6.21. The molecule has 3 heterocycles. The van der Waals surface area contributed by atoms with E-state index in [2.05, 4.69) is 31.4 Å². The topological polar surface area (TPSA) is 64.4 Å². The molecule has 4 rings (SSSR count). The third-order valence-electron chi connectivity index (χ3n) is 7.28. The van der Waals surface area contributed by atoms with Crippen molar-refractivity contribution < 1.29 is 19.0 Å². The highest BCUT2D eigenvalue weighted by Crippen LogP contribution is 2.42. The molecule has 0 saturated carbocycles. The second kappa shape index (κ2) is 8.81. The molecule has 1 aliphatic heterocycles. The molecule has 0 amide bonds. The third-order valence-corrected chi connectivity index (χ3v) is 7.28. The van der Waals surface area contributed by atoms with E-state index < -0.39 is 11.8 Å². The molecule has 33 heavy (non-hydrogen) atoms. The Bertz CT molecular complexity index is 1240. The van der Waals surface area contributed by atoms with Crippen molar-refractivity contribution in [3.63, 3.8) is 0 Å². The van der Waals surface area contributed by atoms with E-state index in [1.54, 1.807) is 0 Å². The molecule has 0 spiro atoms. The fraction of sp³-hybridized carbons (Fsp3) is 0.481.